The summed E-state index contributed by atoms with van der Waals surface area (Å²) in [5.41, 5.74) is 2.49. The summed E-state index contributed by atoms with van der Waals surface area (Å²) in [6, 6.07) is 7.40. The van der Waals surface area contributed by atoms with E-state index in [0.717, 1.165) is 17.5 Å². The lowest BCUT2D eigenvalue weighted by Gasteiger charge is -2.25. The predicted octanol–water partition coefficient (Wildman–Crippen LogP) is 1.63. The molecule has 4 nitrogen and oxygen atoms in total. The Kier molecular flexibility index (Phi) is 3.23. The van der Waals surface area contributed by atoms with Crippen LogP contribution in [0.5, 0.6) is 0 Å². The first-order chi connectivity index (χ1) is 8.20. The molecule has 0 fully saturated rings. The maximum atomic E-state index is 11.0. The SMILES string of the molecule is CC(=O)OCC1Nc2ccccc2C=C1C=O. The van der Waals surface area contributed by atoms with Crippen LogP contribution in [0.1, 0.15) is 12.5 Å². The average Bonchev–Trinajstić information content (AvgIpc) is 2.35. The standard InChI is InChI=1S/C13H13NO3/c1-9(16)17-8-13-11(7-15)6-10-4-2-3-5-12(10)14-13/h2-7,13-14H,8H2,1H3. The van der Waals surface area contributed by atoms with Crippen LogP contribution in [0.15, 0.2) is 29.8 Å². The highest BCUT2D eigenvalue weighted by atomic mass is 16.5. The highest BCUT2D eigenvalue weighted by Crippen LogP contribution is 2.25. The number of carbonyl (C=O) groups excluding carboxylic acids is 2. The van der Waals surface area contributed by atoms with Crippen molar-refractivity contribution in [3.63, 3.8) is 0 Å². The molecule has 1 N–H and O–H groups in total. The van der Waals surface area contributed by atoms with Gasteiger partial charge in [0, 0.05) is 18.2 Å². The van der Waals surface area contributed by atoms with Crippen LogP contribution in [0.25, 0.3) is 6.08 Å². The van der Waals surface area contributed by atoms with E-state index < -0.39 is 0 Å². The Morgan fingerprint density at radius 2 is 2.24 bits per heavy atom. The number of hydrogen-bond acceptors (Lipinski definition) is 4. The van der Waals surface area contributed by atoms with Gasteiger partial charge in [0.05, 0.1) is 6.04 Å². The highest BCUT2D eigenvalue weighted by Gasteiger charge is 2.20. The maximum Gasteiger partial charge on any atom is 0.302 e. The molecular formula is C13H13NO3. The van der Waals surface area contributed by atoms with Gasteiger partial charge in [-0.2, -0.15) is 0 Å². The number of ether oxygens (including phenoxy) is 1. The minimum atomic E-state index is -0.351. The van der Waals surface area contributed by atoms with Gasteiger partial charge in [0.1, 0.15) is 12.9 Å². The molecule has 1 heterocycles. The summed E-state index contributed by atoms with van der Waals surface area (Å²) in [4.78, 5) is 21.7. The number of benzene rings is 1. The summed E-state index contributed by atoms with van der Waals surface area (Å²) in [5, 5.41) is 3.18. The van der Waals surface area contributed by atoms with E-state index in [4.69, 9.17) is 4.74 Å². The van der Waals surface area contributed by atoms with Crippen LogP contribution in [0.3, 0.4) is 0 Å². The average molecular weight is 231 g/mol. The molecule has 0 saturated carbocycles. The van der Waals surface area contributed by atoms with Crippen LogP contribution in [0, 0.1) is 0 Å². The monoisotopic (exact) mass is 231 g/mol. The number of carbonyl (C=O) groups is 2. The normalized spacial score (nSPS) is 17.5. The zero-order valence-electron chi connectivity index (χ0n) is 9.47. The predicted molar refractivity (Wildman–Crippen MR) is 64.5 cm³/mol. The van der Waals surface area contributed by atoms with Crippen molar-refractivity contribution >= 4 is 24.0 Å². The number of esters is 1. The van der Waals surface area contributed by atoms with Crippen molar-refractivity contribution in [3.05, 3.63) is 35.4 Å². The lowest BCUT2D eigenvalue weighted by molar-refractivity contribution is -0.141. The van der Waals surface area contributed by atoms with E-state index in [1.165, 1.54) is 6.92 Å². The molecule has 0 aromatic heterocycles. The molecule has 0 aliphatic carbocycles. The van der Waals surface area contributed by atoms with E-state index in [2.05, 4.69) is 5.32 Å². The summed E-state index contributed by atoms with van der Waals surface area (Å²) in [7, 11) is 0. The summed E-state index contributed by atoms with van der Waals surface area (Å²) in [6.45, 7) is 1.51. The van der Waals surface area contributed by atoms with E-state index in [1.807, 2.05) is 30.3 Å². The number of para-hydroxylation sites is 1. The molecule has 88 valence electrons. The molecule has 0 bridgehead atoms. The number of aldehydes is 1. The van der Waals surface area contributed by atoms with Crippen molar-refractivity contribution in [1.82, 2.24) is 0 Å². The molecule has 0 saturated heterocycles. The Labute approximate surface area is 99.3 Å². The highest BCUT2D eigenvalue weighted by molar-refractivity contribution is 5.89. The second-order valence-corrected chi connectivity index (χ2v) is 3.85. The summed E-state index contributed by atoms with van der Waals surface area (Å²) in [6.07, 6.45) is 2.60. The fourth-order valence-corrected chi connectivity index (χ4v) is 1.76. The van der Waals surface area contributed by atoms with Gasteiger partial charge in [-0.05, 0) is 17.7 Å². The number of hydrogen-bond donors (Lipinski definition) is 1. The Morgan fingerprint density at radius 1 is 1.47 bits per heavy atom. The van der Waals surface area contributed by atoms with Crippen LogP contribution in [-0.4, -0.2) is 24.9 Å². The minimum absolute atomic E-state index is 0.161. The van der Waals surface area contributed by atoms with E-state index >= 15 is 0 Å². The third-order valence-electron chi connectivity index (χ3n) is 2.60. The third kappa shape index (κ3) is 2.53. The maximum absolute atomic E-state index is 11.0. The Morgan fingerprint density at radius 3 is 2.94 bits per heavy atom. The van der Waals surface area contributed by atoms with Crippen molar-refractivity contribution in [2.24, 2.45) is 0 Å². The zero-order valence-corrected chi connectivity index (χ0v) is 9.47. The van der Waals surface area contributed by atoms with Gasteiger partial charge in [0.2, 0.25) is 0 Å². The van der Waals surface area contributed by atoms with Crippen molar-refractivity contribution in [2.45, 2.75) is 13.0 Å². The lowest BCUT2D eigenvalue weighted by atomic mass is 9.99. The van der Waals surface area contributed by atoms with Gasteiger partial charge in [0.25, 0.3) is 0 Å². The smallest absolute Gasteiger partial charge is 0.302 e. The van der Waals surface area contributed by atoms with Gasteiger partial charge in [-0.15, -0.1) is 0 Å². The lowest BCUT2D eigenvalue weighted by Crippen LogP contribution is -2.31. The van der Waals surface area contributed by atoms with Gasteiger partial charge in [-0.1, -0.05) is 18.2 Å². The second-order valence-electron chi connectivity index (χ2n) is 3.85. The van der Waals surface area contributed by atoms with Crippen LogP contribution in [0.2, 0.25) is 0 Å². The molecule has 4 heteroatoms. The molecule has 1 aromatic carbocycles. The summed E-state index contributed by atoms with van der Waals surface area (Å²) < 4.78 is 4.93. The third-order valence-corrected chi connectivity index (χ3v) is 2.60. The Balaban J connectivity index is 2.21. The molecule has 17 heavy (non-hydrogen) atoms. The summed E-state index contributed by atoms with van der Waals surface area (Å²) >= 11 is 0. The quantitative estimate of drug-likeness (QED) is 0.634. The molecule has 0 amide bonds. The van der Waals surface area contributed by atoms with E-state index in [0.29, 0.717) is 5.57 Å². The van der Waals surface area contributed by atoms with Crippen molar-refractivity contribution in [1.29, 1.82) is 0 Å². The van der Waals surface area contributed by atoms with Crippen molar-refractivity contribution in [3.8, 4) is 0 Å². The first-order valence-corrected chi connectivity index (χ1v) is 5.36. The molecule has 2 rings (SSSR count). The van der Waals surface area contributed by atoms with Crippen LogP contribution >= 0.6 is 0 Å². The summed E-state index contributed by atoms with van der Waals surface area (Å²) in [5.74, 6) is -0.351. The molecule has 1 atom stereocenters. The van der Waals surface area contributed by atoms with Gasteiger partial charge >= 0.3 is 5.97 Å². The molecule has 0 spiro atoms. The molecule has 1 aromatic rings. The fourth-order valence-electron chi connectivity index (χ4n) is 1.76. The number of anilines is 1. The van der Waals surface area contributed by atoms with Crippen molar-refractivity contribution < 1.29 is 14.3 Å². The Bertz CT molecular complexity index is 479. The Hall–Kier alpha value is -2.10. The first-order valence-electron chi connectivity index (χ1n) is 5.36. The number of rotatable bonds is 3. The van der Waals surface area contributed by atoms with E-state index in [9.17, 15) is 9.59 Å². The molecule has 0 radical (unpaired) electrons. The van der Waals surface area contributed by atoms with E-state index in [1.54, 1.807) is 0 Å². The van der Waals surface area contributed by atoms with E-state index in [-0.39, 0.29) is 18.6 Å². The van der Waals surface area contributed by atoms with Crippen LogP contribution in [-0.2, 0) is 14.3 Å². The van der Waals surface area contributed by atoms with Crippen molar-refractivity contribution in [2.75, 3.05) is 11.9 Å². The van der Waals surface area contributed by atoms with Gasteiger partial charge in [-0.3, -0.25) is 9.59 Å². The zero-order chi connectivity index (χ0) is 12.3. The largest absolute Gasteiger partial charge is 0.463 e. The van der Waals surface area contributed by atoms with Crippen LogP contribution in [0.4, 0.5) is 5.69 Å². The molecule has 1 unspecified atom stereocenters. The molecule has 1 aliphatic heterocycles. The van der Waals surface area contributed by atoms with Gasteiger partial charge in [0.15, 0.2) is 0 Å². The fraction of sp³-hybridized carbons (Fsp3) is 0.231. The van der Waals surface area contributed by atoms with Gasteiger partial charge in [-0.25, -0.2) is 0 Å². The first kappa shape index (κ1) is 11.4. The molecular weight excluding hydrogens is 218 g/mol. The number of nitrogens with one attached hydrogen (secondary N) is 1. The second kappa shape index (κ2) is 4.82. The topological polar surface area (TPSA) is 55.4 Å². The molecule has 1 aliphatic rings. The van der Waals surface area contributed by atoms with Gasteiger partial charge < -0.3 is 10.1 Å². The minimum Gasteiger partial charge on any atom is -0.463 e. The number of fused-ring (bicyclic) bond motifs is 1. The van der Waals surface area contributed by atoms with Crippen LogP contribution < -0.4 is 5.32 Å².